The van der Waals surface area contributed by atoms with Crippen LogP contribution in [0.5, 0.6) is 0 Å². The summed E-state index contributed by atoms with van der Waals surface area (Å²) in [6, 6.07) is 19.9. The first-order chi connectivity index (χ1) is 8.27. The quantitative estimate of drug-likeness (QED) is 0.600. The lowest BCUT2D eigenvalue weighted by Crippen LogP contribution is -2.58. The molecule has 0 aliphatic carbocycles. The van der Waals surface area contributed by atoms with Gasteiger partial charge in [-0.3, -0.25) is 4.79 Å². The van der Waals surface area contributed by atoms with Crippen molar-refractivity contribution in [1.29, 1.82) is 0 Å². The van der Waals surface area contributed by atoms with Gasteiger partial charge in [-0.2, -0.15) is 0 Å². The van der Waals surface area contributed by atoms with Crippen molar-refractivity contribution in [1.82, 2.24) is 0 Å². The first-order valence-electron chi connectivity index (χ1n) is 5.50. The average molecular weight is 242 g/mol. The lowest BCUT2D eigenvalue weighted by atomic mass is 10.4. The predicted octanol–water partition coefficient (Wildman–Crippen LogP) is 1.55. The van der Waals surface area contributed by atoms with Gasteiger partial charge in [0.1, 0.15) is 0 Å². The molecule has 0 amide bonds. The van der Waals surface area contributed by atoms with Crippen LogP contribution in [-0.2, 0) is 9.22 Å². The molecule has 0 fully saturated rings. The van der Waals surface area contributed by atoms with Gasteiger partial charge in [0.25, 0.3) is 6.47 Å². The topological polar surface area (TPSA) is 26.3 Å². The summed E-state index contributed by atoms with van der Waals surface area (Å²) in [7, 11) is -2.37. The summed E-state index contributed by atoms with van der Waals surface area (Å²) in [6.07, 6.45) is 0. The van der Waals surface area contributed by atoms with E-state index in [2.05, 4.69) is 0 Å². The number of carbonyl (C=O) groups excluding carboxylic acids is 1. The Hall–Kier alpha value is -1.87. The molecule has 0 heterocycles. The molecule has 2 nitrogen and oxygen atoms in total. The van der Waals surface area contributed by atoms with Crippen LogP contribution in [0.15, 0.2) is 60.7 Å². The molecule has 2 rings (SSSR count). The summed E-state index contributed by atoms with van der Waals surface area (Å²) < 4.78 is 5.46. The van der Waals surface area contributed by atoms with Crippen molar-refractivity contribution in [3.05, 3.63) is 60.7 Å². The van der Waals surface area contributed by atoms with E-state index < -0.39 is 8.32 Å². The van der Waals surface area contributed by atoms with Gasteiger partial charge in [0.05, 0.1) is 0 Å². The monoisotopic (exact) mass is 242 g/mol. The zero-order valence-electron chi connectivity index (χ0n) is 9.67. The summed E-state index contributed by atoms with van der Waals surface area (Å²) >= 11 is 0. The predicted molar refractivity (Wildman–Crippen MR) is 70.9 cm³/mol. The molecular weight excluding hydrogens is 228 g/mol. The number of carbonyl (C=O) groups is 1. The molecule has 0 spiro atoms. The molecule has 0 aliphatic heterocycles. The van der Waals surface area contributed by atoms with Crippen molar-refractivity contribution >= 4 is 25.2 Å². The Balaban J connectivity index is 2.50. The second-order valence-electron chi connectivity index (χ2n) is 3.98. The zero-order chi connectivity index (χ0) is 12.1. The third-order valence-electron chi connectivity index (χ3n) is 2.93. The molecule has 0 saturated heterocycles. The van der Waals surface area contributed by atoms with E-state index in [1.165, 1.54) is 0 Å². The lowest BCUT2D eigenvalue weighted by Gasteiger charge is -2.25. The van der Waals surface area contributed by atoms with Gasteiger partial charge in [-0.05, 0) is 16.9 Å². The minimum absolute atomic E-state index is 0.562. The number of hydrogen-bond acceptors (Lipinski definition) is 2. The normalized spacial score (nSPS) is 10.9. The summed E-state index contributed by atoms with van der Waals surface area (Å²) in [6.45, 7) is 2.60. The number of rotatable bonds is 4. The minimum atomic E-state index is -2.37. The van der Waals surface area contributed by atoms with Crippen LogP contribution < -0.4 is 10.4 Å². The maximum Gasteiger partial charge on any atom is 0.315 e. The molecule has 0 atom stereocenters. The minimum Gasteiger partial charge on any atom is -0.512 e. The highest BCUT2D eigenvalue weighted by molar-refractivity contribution is 6.97. The van der Waals surface area contributed by atoms with Crippen LogP contribution in [0.2, 0.25) is 6.55 Å². The van der Waals surface area contributed by atoms with Gasteiger partial charge in [0.15, 0.2) is 0 Å². The van der Waals surface area contributed by atoms with E-state index >= 15 is 0 Å². The van der Waals surface area contributed by atoms with Crippen molar-refractivity contribution in [2.75, 3.05) is 0 Å². The van der Waals surface area contributed by atoms with Crippen LogP contribution in [0.25, 0.3) is 0 Å². The molecule has 3 heteroatoms. The highest BCUT2D eigenvalue weighted by atomic mass is 28.4. The van der Waals surface area contributed by atoms with Crippen molar-refractivity contribution < 1.29 is 9.22 Å². The maximum absolute atomic E-state index is 10.8. The smallest absolute Gasteiger partial charge is 0.315 e. The van der Waals surface area contributed by atoms with Gasteiger partial charge in [0, 0.05) is 0 Å². The van der Waals surface area contributed by atoms with Gasteiger partial charge in [-0.15, -0.1) is 0 Å². The standard InChI is InChI=1S/C14H14O2Si/c1-17(16-12-15,13-8-4-2-5-9-13)14-10-6-3-7-11-14/h2-12H,1H3. The van der Waals surface area contributed by atoms with Crippen molar-refractivity contribution in [2.45, 2.75) is 6.55 Å². The highest BCUT2D eigenvalue weighted by Gasteiger charge is 2.35. The van der Waals surface area contributed by atoms with Crippen molar-refractivity contribution in [3.8, 4) is 0 Å². The summed E-state index contributed by atoms with van der Waals surface area (Å²) in [5.74, 6) is 0. The van der Waals surface area contributed by atoms with Gasteiger partial charge in [0.2, 0.25) is 0 Å². The van der Waals surface area contributed by atoms with E-state index in [0.29, 0.717) is 6.47 Å². The van der Waals surface area contributed by atoms with E-state index in [9.17, 15) is 4.79 Å². The molecule has 2 aromatic carbocycles. The molecule has 86 valence electrons. The Kier molecular flexibility index (Phi) is 3.39. The summed E-state index contributed by atoms with van der Waals surface area (Å²) in [4.78, 5) is 10.8. The Morgan fingerprint density at radius 2 is 1.29 bits per heavy atom. The highest BCUT2D eigenvalue weighted by Crippen LogP contribution is 2.05. The second-order valence-corrected chi connectivity index (χ2v) is 7.44. The molecule has 2 aromatic rings. The SMILES string of the molecule is C[Si](OC=O)(c1ccccc1)c1ccccc1. The third-order valence-corrected chi connectivity index (χ3v) is 6.37. The van der Waals surface area contributed by atoms with Crippen LogP contribution in [-0.4, -0.2) is 14.8 Å². The second kappa shape index (κ2) is 4.97. The molecule has 0 aromatic heterocycles. The molecule has 0 radical (unpaired) electrons. The molecule has 0 unspecified atom stereocenters. The molecule has 0 aliphatic rings. The largest absolute Gasteiger partial charge is 0.512 e. The summed E-state index contributed by atoms with van der Waals surface area (Å²) in [5.41, 5.74) is 0. The van der Waals surface area contributed by atoms with Crippen LogP contribution in [0, 0.1) is 0 Å². The van der Waals surface area contributed by atoms with Gasteiger partial charge in [-0.1, -0.05) is 60.7 Å². The van der Waals surface area contributed by atoms with Crippen LogP contribution >= 0.6 is 0 Å². The molecule has 0 saturated carbocycles. The number of benzene rings is 2. The Morgan fingerprint density at radius 3 is 1.65 bits per heavy atom. The van der Waals surface area contributed by atoms with Gasteiger partial charge in [-0.25, -0.2) is 0 Å². The first-order valence-corrected chi connectivity index (χ1v) is 7.91. The van der Waals surface area contributed by atoms with Crippen molar-refractivity contribution in [2.24, 2.45) is 0 Å². The summed E-state index contributed by atoms with van der Waals surface area (Å²) in [5, 5.41) is 2.19. The van der Waals surface area contributed by atoms with E-state index in [0.717, 1.165) is 10.4 Å². The van der Waals surface area contributed by atoms with Crippen LogP contribution in [0.1, 0.15) is 0 Å². The van der Waals surface area contributed by atoms with Crippen molar-refractivity contribution in [3.63, 3.8) is 0 Å². The third kappa shape index (κ3) is 2.29. The molecular formula is C14H14O2Si. The zero-order valence-corrected chi connectivity index (χ0v) is 10.7. The van der Waals surface area contributed by atoms with E-state index in [4.69, 9.17) is 4.43 Å². The van der Waals surface area contributed by atoms with Gasteiger partial charge >= 0.3 is 8.32 Å². The first kappa shape index (κ1) is 11.6. The Labute approximate surface area is 102 Å². The fourth-order valence-corrected chi connectivity index (χ4v) is 4.37. The van der Waals surface area contributed by atoms with E-state index in [-0.39, 0.29) is 0 Å². The van der Waals surface area contributed by atoms with Gasteiger partial charge < -0.3 is 4.43 Å². The van der Waals surface area contributed by atoms with E-state index in [1.54, 1.807) is 0 Å². The fraction of sp³-hybridized carbons (Fsp3) is 0.0714. The molecule has 0 N–H and O–H groups in total. The fourth-order valence-electron chi connectivity index (χ4n) is 1.91. The number of hydrogen-bond donors (Lipinski definition) is 0. The van der Waals surface area contributed by atoms with Crippen LogP contribution in [0.3, 0.4) is 0 Å². The Bertz CT molecular complexity index is 443. The lowest BCUT2D eigenvalue weighted by molar-refractivity contribution is -0.121. The average Bonchev–Trinajstić information content (AvgIpc) is 2.41. The maximum atomic E-state index is 10.8. The molecule has 0 bridgehead atoms. The molecule has 17 heavy (non-hydrogen) atoms. The van der Waals surface area contributed by atoms with E-state index in [1.807, 2.05) is 67.2 Å². The van der Waals surface area contributed by atoms with Crippen LogP contribution in [0.4, 0.5) is 0 Å². The Morgan fingerprint density at radius 1 is 0.882 bits per heavy atom.